The first-order chi connectivity index (χ1) is 13.1. The monoisotopic (exact) mass is 384 g/mol. The van der Waals surface area contributed by atoms with Crippen LogP contribution in [0.15, 0.2) is 24.3 Å². The molecule has 0 amide bonds. The fourth-order valence-electron chi connectivity index (χ4n) is 3.61. The minimum Gasteiger partial charge on any atom is -0.492 e. The first-order valence-electron chi connectivity index (χ1n) is 9.52. The Bertz CT molecular complexity index is 950. The molecule has 27 heavy (non-hydrogen) atoms. The number of rotatable bonds is 5. The summed E-state index contributed by atoms with van der Waals surface area (Å²) in [5.74, 6) is 1.20. The Morgan fingerprint density at radius 2 is 1.85 bits per heavy atom. The minimum absolute atomic E-state index is 0.0948. The van der Waals surface area contributed by atoms with E-state index in [1.807, 2.05) is 6.92 Å². The number of hydrogen-bond donors (Lipinski definition) is 1. The van der Waals surface area contributed by atoms with E-state index in [9.17, 15) is 9.90 Å². The summed E-state index contributed by atoms with van der Waals surface area (Å²) < 4.78 is 1.54. The van der Waals surface area contributed by atoms with Crippen molar-refractivity contribution < 1.29 is 9.90 Å². The molecule has 2 aromatic heterocycles. The van der Waals surface area contributed by atoms with Gasteiger partial charge in [-0.3, -0.25) is 9.69 Å². The van der Waals surface area contributed by atoms with Crippen molar-refractivity contribution in [2.75, 3.05) is 13.1 Å². The van der Waals surface area contributed by atoms with Gasteiger partial charge in [-0.05, 0) is 17.5 Å². The van der Waals surface area contributed by atoms with Crippen LogP contribution in [0.2, 0.25) is 0 Å². The Morgan fingerprint density at radius 1 is 1.15 bits per heavy atom. The molecule has 0 radical (unpaired) electrons. The van der Waals surface area contributed by atoms with Gasteiger partial charge in [0.15, 0.2) is 5.82 Å². The van der Waals surface area contributed by atoms with Crippen LogP contribution in [0, 0.1) is 0 Å². The van der Waals surface area contributed by atoms with E-state index >= 15 is 0 Å². The van der Waals surface area contributed by atoms with Crippen LogP contribution < -0.4 is 0 Å². The van der Waals surface area contributed by atoms with Crippen LogP contribution in [0.1, 0.15) is 54.6 Å². The van der Waals surface area contributed by atoms with Crippen LogP contribution in [-0.4, -0.2) is 43.5 Å². The Kier molecular flexibility index (Phi) is 4.97. The Hall–Kier alpha value is -2.25. The lowest BCUT2D eigenvalue weighted by Crippen LogP contribution is -2.37. The molecule has 1 saturated heterocycles. The molecular weight excluding hydrogens is 360 g/mol. The summed E-state index contributed by atoms with van der Waals surface area (Å²) in [5.41, 5.74) is 2.41. The number of Topliss-reactive ketones (excluding diaryl/α,β-unsaturated/α-hetero) is 1. The predicted octanol–water partition coefficient (Wildman–Crippen LogP) is 3.38. The Morgan fingerprint density at radius 3 is 2.44 bits per heavy atom. The van der Waals surface area contributed by atoms with Crippen molar-refractivity contribution in [3.63, 3.8) is 0 Å². The molecule has 0 aliphatic carbocycles. The number of fused-ring (bicyclic) bond motifs is 1. The minimum atomic E-state index is -0.0948. The molecule has 4 rings (SSSR count). The van der Waals surface area contributed by atoms with Gasteiger partial charge in [-0.25, -0.2) is 4.98 Å². The number of carbonyl (C=O) groups excluding carboxylic acids is 1. The van der Waals surface area contributed by atoms with Crippen molar-refractivity contribution in [1.29, 1.82) is 0 Å². The summed E-state index contributed by atoms with van der Waals surface area (Å²) in [6.07, 6.45) is 2.85. The molecule has 1 atom stereocenters. The van der Waals surface area contributed by atoms with Crippen molar-refractivity contribution in [3.8, 4) is 5.88 Å². The molecule has 1 unspecified atom stereocenters. The van der Waals surface area contributed by atoms with Crippen molar-refractivity contribution in [3.05, 3.63) is 46.1 Å². The highest BCUT2D eigenvalue weighted by atomic mass is 32.1. The van der Waals surface area contributed by atoms with Gasteiger partial charge in [0.1, 0.15) is 5.78 Å². The normalized spacial score (nSPS) is 16.9. The second kappa shape index (κ2) is 7.40. The Balaban J connectivity index is 1.78. The van der Waals surface area contributed by atoms with E-state index in [1.54, 1.807) is 4.52 Å². The molecule has 3 heterocycles. The predicted molar refractivity (Wildman–Crippen MR) is 105 cm³/mol. The van der Waals surface area contributed by atoms with Gasteiger partial charge in [0.05, 0.1) is 10.9 Å². The number of aromatic hydroxyl groups is 1. The number of piperidine rings is 1. The van der Waals surface area contributed by atoms with Gasteiger partial charge in [-0.1, -0.05) is 49.4 Å². The zero-order valence-corrected chi connectivity index (χ0v) is 16.5. The van der Waals surface area contributed by atoms with E-state index in [2.05, 4.69) is 46.2 Å². The number of aryl methyl sites for hydroxylation is 2. The van der Waals surface area contributed by atoms with E-state index in [4.69, 9.17) is 0 Å². The quantitative estimate of drug-likeness (QED) is 0.730. The smallest absolute Gasteiger partial charge is 0.230 e. The third-order valence-corrected chi connectivity index (χ3v) is 6.31. The lowest BCUT2D eigenvalue weighted by atomic mass is 9.98. The van der Waals surface area contributed by atoms with Crippen molar-refractivity contribution in [2.45, 2.75) is 45.6 Å². The third kappa shape index (κ3) is 3.37. The molecule has 1 aliphatic rings. The first-order valence-corrected chi connectivity index (χ1v) is 10.3. The molecule has 1 fully saturated rings. The zero-order valence-electron chi connectivity index (χ0n) is 15.7. The van der Waals surface area contributed by atoms with Crippen LogP contribution in [0.25, 0.3) is 4.96 Å². The second-order valence-corrected chi connectivity index (χ2v) is 7.95. The largest absolute Gasteiger partial charge is 0.492 e. The van der Waals surface area contributed by atoms with Gasteiger partial charge in [0, 0.05) is 32.4 Å². The highest BCUT2D eigenvalue weighted by Gasteiger charge is 2.31. The molecule has 7 heteroatoms. The summed E-state index contributed by atoms with van der Waals surface area (Å²) in [6, 6.07) is 8.45. The second-order valence-electron chi connectivity index (χ2n) is 6.94. The summed E-state index contributed by atoms with van der Waals surface area (Å²) in [4.78, 5) is 20.1. The van der Waals surface area contributed by atoms with Crippen molar-refractivity contribution in [2.24, 2.45) is 0 Å². The number of benzene rings is 1. The van der Waals surface area contributed by atoms with Crippen molar-refractivity contribution in [1.82, 2.24) is 19.5 Å². The number of carbonyl (C=O) groups is 1. The van der Waals surface area contributed by atoms with Gasteiger partial charge < -0.3 is 5.11 Å². The summed E-state index contributed by atoms with van der Waals surface area (Å²) in [5, 5.41) is 15.3. The Labute approximate surface area is 162 Å². The molecule has 6 nitrogen and oxygen atoms in total. The number of aromatic nitrogens is 3. The maximum Gasteiger partial charge on any atom is 0.230 e. The SMILES string of the molecule is CCc1ccc(C(c2sc3nc(CC)nn3c2O)N2CCC(=O)CC2)cc1. The van der Waals surface area contributed by atoms with Crippen LogP contribution in [0.4, 0.5) is 0 Å². The first kappa shape index (κ1) is 18.1. The fraction of sp³-hybridized carbons (Fsp3) is 0.450. The standard InChI is InChI=1S/C20H24N4O2S/c1-3-13-5-7-14(8-6-13)17(23-11-9-15(25)10-12-23)18-19(26)24-20(27-18)21-16(4-2)22-24/h5-8,17,26H,3-4,9-12H2,1-2H3. The van der Waals surface area contributed by atoms with E-state index < -0.39 is 0 Å². The van der Waals surface area contributed by atoms with Gasteiger partial charge >= 0.3 is 0 Å². The highest BCUT2D eigenvalue weighted by Crippen LogP contribution is 2.40. The average Bonchev–Trinajstić information content (AvgIpc) is 3.23. The lowest BCUT2D eigenvalue weighted by Gasteiger charge is -2.33. The summed E-state index contributed by atoms with van der Waals surface area (Å²) >= 11 is 1.48. The number of thiazole rings is 1. The molecule has 0 saturated carbocycles. The van der Waals surface area contributed by atoms with Crippen LogP contribution in [0.5, 0.6) is 5.88 Å². The lowest BCUT2D eigenvalue weighted by molar-refractivity contribution is -0.121. The maximum atomic E-state index is 11.7. The molecule has 1 N–H and O–H groups in total. The van der Waals surface area contributed by atoms with E-state index in [0.29, 0.717) is 36.7 Å². The number of ketones is 1. The zero-order chi connectivity index (χ0) is 19.0. The maximum absolute atomic E-state index is 11.7. The molecule has 0 bridgehead atoms. The van der Waals surface area contributed by atoms with Crippen molar-refractivity contribution >= 4 is 22.1 Å². The van der Waals surface area contributed by atoms with Gasteiger partial charge in [0.2, 0.25) is 10.8 Å². The molecular formula is C20H24N4O2S. The molecule has 3 aromatic rings. The summed E-state index contributed by atoms with van der Waals surface area (Å²) in [7, 11) is 0. The van der Waals surface area contributed by atoms with E-state index in [1.165, 1.54) is 16.9 Å². The number of likely N-dealkylation sites (tertiary alicyclic amines) is 1. The van der Waals surface area contributed by atoms with Crippen LogP contribution in [0.3, 0.4) is 0 Å². The van der Waals surface area contributed by atoms with Gasteiger partial charge in [0.25, 0.3) is 0 Å². The van der Waals surface area contributed by atoms with Gasteiger partial charge in [-0.15, -0.1) is 5.10 Å². The average molecular weight is 385 g/mol. The summed E-state index contributed by atoms with van der Waals surface area (Å²) in [6.45, 7) is 5.54. The van der Waals surface area contributed by atoms with E-state index in [0.717, 1.165) is 29.1 Å². The topological polar surface area (TPSA) is 70.7 Å². The number of nitrogens with zero attached hydrogens (tertiary/aromatic N) is 4. The van der Waals surface area contributed by atoms with E-state index in [-0.39, 0.29) is 11.9 Å². The number of hydrogen-bond acceptors (Lipinski definition) is 6. The molecule has 0 spiro atoms. The highest BCUT2D eigenvalue weighted by molar-refractivity contribution is 7.17. The van der Waals surface area contributed by atoms with Gasteiger partial charge in [-0.2, -0.15) is 4.52 Å². The molecule has 142 valence electrons. The molecule has 1 aliphatic heterocycles. The fourth-order valence-corrected chi connectivity index (χ4v) is 4.75. The van der Waals surface area contributed by atoms with Crippen LogP contribution >= 0.6 is 11.3 Å². The molecule has 1 aromatic carbocycles. The third-order valence-electron chi connectivity index (χ3n) is 5.23. The van der Waals surface area contributed by atoms with Crippen LogP contribution in [-0.2, 0) is 17.6 Å².